The van der Waals surface area contributed by atoms with E-state index < -0.39 is 0 Å². The molecule has 0 bridgehead atoms. The maximum atomic E-state index is 11.5. The highest BCUT2D eigenvalue weighted by Gasteiger charge is 2.13. The fourth-order valence-electron chi connectivity index (χ4n) is 1.77. The van der Waals surface area contributed by atoms with E-state index in [1.54, 1.807) is 26.4 Å². The van der Waals surface area contributed by atoms with Crippen LogP contribution in [-0.4, -0.2) is 38.9 Å². The number of nitrogens with one attached hydrogen (secondary N) is 1. The van der Waals surface area contributed by atoms with Gasteiger partial charge in [-0.1, -0.05) is 0 Å². The Morgan fingerprint density at radius 1 is 1.15 bits per heavy atom. The summed E-state index contributed by atoms with van der Waals surface area (Å²) >= 11 is 0. The number of benzene rings is 1. The lowest BCUT2D eigenvalue weighted by atomic mass is 10.1. The van der Waals surface area contributed by atoms with E-state index in [4.69, 9.17) is 19.3 Å². The standard InChI is InChI=1S/C14H21NO5/c1-18-11-7-10(8-12(19-2)14(11)20-3)9-15-13(17)5-4-6-16/h7-8,16H,4-6,9H2,1-3H3,(H,15,17). The number of ether oxygens (including phenoxy) is 3. The van der Waals surface area contributed by atoms with Crippen molar-refractivity contribution in [3.05, 3.63) is 17.7 Å². The second-order valence-corrected chi connectivity index (χ2v) is 4.14. The van der Waals surface area contributed by atoms with E-state index in [0.717, 1.165) is 5.56 Å². The Labute approximate surface area is 118 Å². The Bertz CT molecular complexity index is 422. The van der Waals surface area contributed by atoms with Crippen LogP contribution in [0.25, 0.3) is 0 Å². The summed E-state index contributed by atoms with van der Waals surface area (Å²) in [6, 6.07) is 3.57. The molecule has 112 valence electrons. The molecule has 6 nitrogen and oxygen atoms in total. The second kappa shape index (κ2) is 8.27. The molecule has 0 unspecified atom stereocenters. The first-order chi connectivity index (χ1) is 9.65. The summed E-state index contributed by atoms with van der Waals surface area (Å²) in [7, 11) is 4.62. The van der Waals surface area contributed by atoms with Crippen molar-refractivity contribution in [2.24, 2.45) is 0 Å². The van der Waals surface area contributed by atoms with Crippen LogP contribution in [0.2, 0.25) is 0 Å². The largest absolute Gasteiger partial charge is 0.493 e. The molecule has 0 heterocycles. The van der Waals surface area contributed by atoms with Crippen LogP contribution in [0.4, 0.5) is 0 Å². The van der Waals surface area contributed by atoms with Crippen LogP contribution in [0.3, 0.4) is 0 Å². The minimum atomic E-state index is -0.104. The maximum Gasteiger partial charge on any atom is 0.220 e. The van der Waals surface area contributed by atoms with E-state index in [1.165, 1.54) is 7.11 Å². The molecule has 0 aliphatic rings. The number of aliphatic hydroxyl groups is 1. The van der Waals surface area contributed by atoms with Crippen molar-refractivity contribution in [2.75, 3.05) is 27.9 Å². The second-order valence-electron chi connectivity index (χ2n) is 4.14. The number of aliphatic hydroxyl groups excluding tert-OH is 1. The van der Waals surface area contributed by atoms with Gasteiger partial charge in [0.1, 0.15) is 0 Å². The van der Waals surface area contributed by atoms with Crippen LogP contribution in [0, 0.1) is 0 Å². The SMILES string of the molecule is COc1cc(CNC(=O)CCCO)cc(OC)c1OC. The van der Waals surface area contributed by atoms with Gasteiger partial charge in [-0.3, -0.25) is 4.79 Å². The molecule has 1 rings (SSSR count). The summed E-state index contributed by atoms with van der Waals surface area (Å²) in [5.74, 6) is 1.51. The van der Waals surface area contributed by atoms with Gasteiger partial charge in [-0.25, -0.2) is 0 Å². The van der Waals surface area contributed by atoms with E-state index in [-0.39, 0.29) is 12.5 Å². The molecule has 0 fully saturated rings. The molecule has 0 spiro atoms. The molecule has 1 aromatic carbocycles. The van der Waals surface area contributed by atoms with Crippen LogP contribution in [0.15, 0.2) is 12.1 Å². The molecule has 1 aromatic rings. The average Bonchev–Trinajstić information content (AvgIpc) is 2.49. The zero-order valence-corrected chi connectivity index (χ0v) is 12.1. The highest BCUT2D eigenvalue weighted by atomic mass is 16.5. The molecule has 6 heteroatoms. The predicted molar refractivity (Wildman–Crippen MR) is 74.3 cm³/mol. The minimum Gasteiger partial charge on any atom is -0.493 e. The van der Waals surface area contributed by atoms with E-state index >= 15 is 0 Å². The van der Waals surface area contributed by atoms with Gasteiger partial charge >= 0.3 is 0 Å². The Hall–Kier alpha value is -1.95. The quantitative estimate of drug-likeness (QED) is 0.747. The molecular weight excluding hydrogens is 262 g/mol. The number of carbonyl (C=O) groups excluding carboxylic acids is 1. The van der Waals surface area contributed by atoms with Gasteiger partial charge in [0, 0.05) is 19.6 Å². The first kappa shape index (κ1) is 16.1. The zero-order valence-electron chi connectivity index (χ0n) is 12.1. The topological polar surface area (TPSA) is 77.0 Å². The lowest BCUT2D eigenvalue weighted by Crippen LogP contribution is -2.22. The Morgan fingerprint density at radius 2 is 1.75 bits per heavy atom. The number of amides is 1. The molecule has 20 heavy (non-hydrogen) atoms. The summed E-state index contributed by atoms with van der Waals surface area (Å²) in [4.78, 5) is 11.5. The smallest absolute Gasteiger partial charge is 0.220 e. The summed E-state index contributed by atoms with van der Waals surface area (Å²) in [5, 5.41) is 11.4. The molecule has 0 aliphatic heterocycles. The van der Waals surface area contributed by atoms with Crippen molar-refractivity contribution in [1.29, 1.82) is 0 Å². The van der Waals surface area contributed by atoms with Gasteiger partial charge in [-0.05, 0) is 24.1 Å². The molecule has 0 atom stereocenters. The summed E-state index contributed by atoms with van der Waals surface area (Å²) < 4.78 is 15.7. The highest BCUT2D eigenvalue weighted by Crippen LogP contribution is 2.38. The van der Waals surface area contributed by atoms with Crippen molar-refractivity contribution in [3.63, 3.8) is 0 Å². The van der Waals surface area contributed by atoms with Gasteiger partial charge in [0.25, 0.3) is 0 Å². The third-order valence-corrected chi connectivity index (χ3v) is 2.78. The molecule has 0 radical (unpaired) electrons. The van der Waals surface area contributed by atoms with Gasteiger partial charge < -0.3 is 24.6 Å². The number of carbonyl (C=O) groups is 1. The van der Waals surface area contributed by atoms with E-state index in [1.807, 2.05) is 0 Å². The fourth-order valence-corrected chi connectivity index (χ4v) is 1.77. The number of methoxy groups -OCH3 is 3. The van der Waals surface area contributed by atoms with Crippen molar-refractivity contribution < 1.29 is 24.1 Å². The van der Waals surface area contributed by atoms with Crippen molar-refractivity contribution >= 4 is 5.91 Å². The van der Waals surface area contributed by atoms with Crippen LogP contribution in [-0.2, 0) is 11.3 Å². The third-order valence-electron chi connectivity index (χ3n) is 2.78. The summed E-state index contributed by atoms with van der Waals surface area (Å²) in [5.41, 5.74) is 0.844. The third kappa shape index (κ3) is 4.31. The maximum absolute atomic E-state index is 11.5. The molecule has 2 N–H and O–H groups in total. The Kier molecular flexibility index (Phi) is 6.66. The predicted octanol–water partition coefficient (Wildman–Crippen LogP) is 1.10. The average molecular weight is 283 g/mol. The van der Waals surface area contributed by atoms with E-state index in [0.29, 0.717) is 36.6 Å². The monoisotopic (exact) mass is 283 g/mol. The molecule has 0 aromatic heterocycles. The van der Waals surface area contributed by atoms with E-state index in [9.17, 15) is 4.79 Å². The van der Waals surface area contributed by atoms with Crippen LogP contribution < -0.4 is 19.5 Å². The normalized spacial score (nSPS) is 10.0. The highest BCUT2D eigenvalue weighted by molar-refractivity contribution is 5.75. The zero-order chi connectivity index (χ0) is 15.0. The molecule has 0 saturated carbocycles. The van der Waals surface area contributed by atoms with Crippen molar-refractivity contribution in [1.82, 2.24) is 5.32 Å². The lowest BCUT2D eigenvalue weighted by Gasteiger charge is -2.14. The summed E-state index contributed by atoms with van der Waals surface area (Å²) in [6.07, 6.45) is 0.766. The number of hydrogen-bond donors (Lipinski definition) is 2. The number of rotatable bonds is 8. The van der Waals surface area contributed by atoms with Crippen molar-refractivity contribution in [3.8, 4) is 17.2 Å². The van der Waals surface area contributed by atoms with Crippen LogP contribution in [0.5, 0.6) is 17.2 Å². The van der Waals surface area contributed by atoms with Crippen molar-refractivity contribution in [2.45, 2.75) is 19.4 Å². The molecule has 0 aliphatic carbocycles. The van der Waals surface area contributed by atoms with Gasteiger partial charge in [0.2, 0.25) is 11.7 Å². The minimum absolute atomic E-state index is 0.0115. The fraction of sp³-hybridized carbons (Fsp3) is 0.500. The Balaban J connectivity index is 2.78. The van der Waals surface area contributed by atoms with Gasteiger partial charge in [-0.15, -0.1) is 0 Å². The van der Waals surface area contributed by atoms with Gasteiger partial charge in [0.05, 0.1) is 21.3 Å². The first-order valence-corrected chi connectivity index (χ1v) is 6.32. The van der Waals surface area contributed by atoms with E-state index in [2.05, 4.69) is 5.32 Å². The van der Waals surface area contributed by atoms with Gasteiger partial charge in [-0.2, -0.15) is 0 Å². The Morgan fingerprint density at radius 3 is 2.20 bits per heavy atom. The van der Waals surface area contributed by atoms with Gasteiger partial charge in [0.15, 0.2) is 11.5 Å². The number of hydrogen-bond acceptors (Lipinski definition) is 5. The lowest BCUT2D eigenvalue weighted by molar-refractivity contribution is -0.121. The van der Waals surface area contributed by atoms with Crippen LogP contribution in [0.1, 0.15) is 18.4 Å². The first-order valence-electron chi connectivity index (χ1n) is 6.32. The summed E-state index contributed by atoms with van der Waals surface area (Å²) in [6.45, 7) is 0.374. The molecule has 1 amide bonds. The molecule has 0 saturated heterocycles. The van der Waals surface area contributed by atoms with Crippen LogP contribution >= 0.6 is 0 Å². The molecular formula is C14H21NO5.